The summed E-state index contributed by atoms with van der Waals surface area (Å²) in [5.74, 6) is 2.31. The summed E-state index contributed by atoms with van der Waals surface area (Å²) in [4.78, 5) is 42.9. The van der Waals surface area contributed by atoms with Crippen LogP contribution in [0.15, 0.2) is 76.8 Å². The summed E-state index contributed by atoms with van der Waals surface area (Å²) in [5, 5.41) is 107. The van der Waals surface area contributed by atoms with Gasteiger partial charge < -0.3 is 108 Å². The predicted molar refractivity (Wildman–Crippen MR) is 528 cm³/mol. The second-order valence-electron chi connectivity index (χ2n) is 36.0. The number of aliphatic hydroxyl groups excluding tert-OH is 10. The quantitative estimate of drug-likeness (QED) is 0.0139. The van der Waals surface area contributed by atoms with Crippen LogP contribution >= 0.6 is 81.9 Å². The van der Waals surface area contributed by atoms with Gasteiger partial charge in [-0.3, -0.25) is 22.8 Å². The van der Waals surface area contributed by atoms with E-state index in [9.17, 15) is 51.1 Å². The van der Waals surface area contributed by atoms with Crippen molar-refractivity contribution >= 4 is 198 Å². The number of ether oxygens (including phenoxy) is 5. The van der Waals surface area contributed by atoms with Crippen molar-refractivity contribution in [2.45, 2.75) is 197 Å². The number of imidazole rings is 5. The number of pyridine rings is 5. The summed E-state index contributed by atoms with van der Waals surface area (Å²) < 4.78 is 39.1. The van der Waals surface area contributed by atoms with Gasteiger partial charge in [-0.1, -0.05) is 49.1 Å². The molecule has 0 aromatic carbocycles. The largest absolute Gasteiger partial charge is 0.397 e. The lowest BCUT2D eigenvalue weighted by Crippen LogP contribution is -2.32. The standard InChI is InChI=1S/C18H29N4O3PS.C17H27N4O3PS.C16H25N4O3PS.C16H25N4O3P.C15H23N4O3PS/c1-5-10-27-18-21-13-11(19)6-8-20-16(13)22(18)17-15(24)14(23)12(25-17)7-9-26(2,3)4;1-5-26-17-20-12-10(18)6-8-19-15(12)21(17)16-14(23)13(22)11(24-16)7-9-25(2,3)4;1-24(2,3)8-6-10-12(21)13(22)15(23-10)20-14-11(19-16(20)25-4)9(17)5-7-18-14;1-9-19-12-10(17)5-7-18-15(12)20(9)16-14(22)13(21)11(23-16)6-8-24(2,3)4;1-23(2,3)7-5-9-11(20)12(21)14(22-9)19-13-10(18-15(19)24)8(16)4-6-17-13/h6,8,12,14-15,17,23-24H,2,5,7,9-10H2,1,3-4H3,(H2,19,20);6,8,11,13-14,16,22-23H,2,5,7,9H2,1,3-4H3,(H2,18,19);5,7,10,12-13,15,21-22H,1,6,8H2,2-4H3,(H2,17,18);5,7,11,13-14,16,21-22H,2,6,8H2,1,3-4H3,(H2,17,18);4,6,9,11-12,14,20-21H,1,5,7H2,2-3H3,(H2,16,17)(H,18,24)/t12-,14-,15-,17-;11-,13-,14-,16-;10-,12-,13-,15-;11-,13-,14-,16-;9-,11-,12-,14-/m11111/s1. The average Bonchev–Trinajstić information content (AvgIpc) is 1.62. The minimum atomic E-state index is -1.24. The number of aromatic amines is 1. The molecule has 44 heteroatoms. The Morgan fingerprint density at radius 3 is 0.944 bits per heavy atom. The highest BCUT2D eigenvalue weighted by molar-refractivity contribution is 7.99. The highest BCUT2D eigenvalue weighted by Gasteiger charge is 2.50. The van der Waals surface area contributed by atoms with E-state index in [2.05, 4.69) is 155 Å². The predicted octanol–water partition coefficient (Wildman–Crippen LogP) is 7.97. The van der Waals surface area contributed by atoms with Gasteiger partial charge in [0.1, 0.15) is 94.4 Å². The number of nitrogens with zero attached hydrogens (tertiary/aromatic N) is 14. The maximum Gasteiger partial charge on any atom is 0.181 e. The van der Waals surface area contributed by atoms with Gasteiger partial charge in [-0.2, -0.15) is 0 Å². The topological polar surface area (TPSA) is 535 Å². The molecule has 0 saturated carbocycles. The first-order valence-electron chi connectivity index (χ1n) is 41.6. The van der Waals surface area contributed by atoms with E-state index in [1.165, 1.54) is 23.5 Å². The maximum atomic E-state index is 10.7. The van der Waals surface area contributed by atoms with Crippen LogP contribution < -0.4 is 28.7 Å². The van der Waals surface area contributed by atoms with Crippen LogP contribution in [0.1, 0.15) is 89.3 Å². The molecule has 10 aromatic heterocycles. The van der Waals surface area contributed by atoms with Crippen LogP contribution in [0, 0.1) is 11.7 Å². The summed E-state index contributed by atoms with van der Waals surface area (Å²) in [6, 6.07) is 8.44. The Bertz CT molecular complexity index is 5770. The molecule has 126 heavy (non-hydrogen) atoms. The summed E-state index contributed by atoms with van der Waals surface area (Å²) in [6.45, 7) is 21.2. The van der Waals surface area contributed by atoms with Crippen LogP contribution in [-0.4, -0.2) is 362 Å². The fraction of sp³-hybridized carbons (Fsp3) is 0.573. The highest BCUT2D eigenvalue weighted by Crippen LogP contribution is 2.48. The van der Waals surface area contributed by atoms with E-state index in [0.717, 1.165) is 48.7 Å². The molecule has 0 amide bonds. The molecule has 15 rings (SSSR count). The van der Waals surface area contributed by atoms with Crippen molar-refractivity contribution in [2.75, 3.05) is 144 Å². The number of aliphatic hydroxyl groups is 10. The molecule has 0 radical (unpaired) electrons. The minimum absolute atomic E-state index is 0.345. The van der Waals surface area contributed by atoms with E-state index in [4.69, 9.17) is 64.6 Å². The zero-order valence-electron chi connectivity index (χ0n) is 74.1. The molecule has 5 saturated heterocycles. The lowest BCUT2D eigenvalue weighted by atomic mass is 10.1. The van der Waals surface area contributed by atoms with E-state index in [1.54, 1.807) is 95.9 Å². The van der Waals surface area contributed by atoms with Crippen molar-refractivity contribution in [1.29, 1.82) is 0 Å². The van der Waals surface area contributed by atoms with Crippen LogP contribution in [0.4, 0.5) is 28.4 Å². The molecule has 15 heterocycles. The lowest BCUT2D eigenvalue weighted by Gasteiger charge is -2.19. The highest BCUT2D eigenvalue weighted by atomic mass is 32.2. The fourth-order valence-electron chi connectivity index (χ4n) is 15.3. The molecular weight excluding hydrogens is 1790 g/mol. The third kappa shape index (κ3) is 23.5. The maximum absolute atomic E-state index is 10.7. The zero-order valence-corrected chi connectivity index (χ0v) is 81.8. The van der Waals surface area contributed by atoms with Crippen molar-refractivity contribution in [3.8, 4) is 0 Å². The molecule has 5 aliphatic rings. The minimum Gasteiger partial charge on any atom is -0.397 e. The Morgan fingerprint density at radius 2 is 0.643 bits per heavy atom. The molecule has 20 atom stereocenters. The van der Waals surface area contributed by atoms with Gasteiger partial charge in [-0.25, -0.2) is 44.9 Å². The Balaban J connectivity index is 0.000000153. The van der Waals surface area contributed by atoms with Gasteiger partial charge in [0.25, 0.3) is 0 Å². The zero-order chi connectivity index (χ0) is 92.5. The first-order chi connectivity index (χ1) is 59.1. The third-order valence-electron chi connectivity index (χ3n) is 22.1. The number of nitrogens with one attached hydrogen (secondary N) is 1. The van der Waals surface area contributed by atoms with Gasteiger partial charge in [0.2, 0.25) is 0 Å². The van der Waals surface area contributed by atoms with Crippen molar-refractivity contribution in [3.05, 3.63) is 71.9 Å². The molecule has 35 nitrogen and oxygen atoms in total. The average molecular weight is 1920 g/mol. The molecule has 0 unspecified atom stereocenters. The van der Waals surface area contributed by atoms with Crippen molar-refractivity contribution in [1.82, 2.24) is 72.7 Å². The molecule has 0 spiro atoms. The molecule has 0 bridgehead atoms. The number of hydrogen-bond donors (Lipinski definition) is 16. The van der Waals surface area contributed by atoms with Crippen molar-refractivity contribution in [2.24, 2.45) is 0 Å². The number of anilines is 5. The Hall–Kier alpha value is -5.73. The van der Waals surface area contributed by atoms with Gasteiger partial charge in [-0.05, 0) is 197 Å². The third-order valence-corrected chi connectivity index (χ3v) is 32.4. The lowest BCUT2D eigenvalue weighted by molar-refractivity contribution is -0.0400. The number of nitrogens with two attached hydrogens (primary N) is 5. The normalized spacial score (nSPS) is 27.1. The molecular formula is C82H129N20O15P5S4. The van der Waals surface area contributed by atoms with Gasteiger partial charge >= 0.3 is 0 Å². The number of H-pyrrole nitrogens is 1. The fourth-order valence-corrected chi connectivity index (χ4v) is 22.6. The van der Waals surface area contributed by atoms with E-state index in [0.29, 0.717) is 142 Å². The summed E-state index contributed by atoms with van der Waals surface area (Å²) >= 11 is 9.85. The molecule has 5 aliphatic heterocycles. The summed E-state index contributed by atoms with van der Waals surface area (Å²) in [6.07, 6.45) is 23.6. The monoisotopic (exact) mass is 1920 g/mol. The SMILES string of the molecule is C=P(C)(C)CC[C@H]1O[C@@H](n2c(=S)[nH]c3c(N)ccnc32)[C@H](O)[C@@H]1O.C=P(C)(C)CC[C@H]1O[C@@H](n2c(C)nc3c(N)ccnc32)[C@H](O)[C@@H]1O.C=P(C)(C)CC[C@H]1O[C@@H](n2c(SC)nc3c(N)ccnc32)[C@H](O)[C@@H]1O.C=P(C)(C)CC[C@H]1O[C@@H](n2c(SCC)nc3c(N)ccnc32)[C@H](O)[C@@H]1O.C=P(C)(C)CC[C@H]1O[C@@H](n2c(SCCC)nc3c(N)ccnc32)[C@H](O)[C@@H]1O. The van der Waals surface area contributed by atoms with Gasteiger partial charge in [0.05, 0.1) is 59.0 Å². The van der Waals surface area contributed by atoms with Gasteiger partial charge in [0.15, 0.2) is 79.6 Å². The number of fused-ring (bicyclic) bond motifs is 5. The van der Waals surface area contributed by atoms with E-state index in [1.807, 2.05) is 20.1 Å². The summed E-state index contributed by atoms with van der Waals surface area (Å²) in [5.41, 5.74) is 38.3. The van der Waals surface area contributed by atoms with Gasteiger partial charge in [-0.15, -0.1) is 65.9 Å². The smallest absolute Gasteiger partial charge is 0.181 e. The number of thioether (sulfide) groups is 3. The molecule has 21 N–H and O–H groups in total. The number of aryl methyl sites for hydroxylation is 1. The van der Waals surface area contributed by atoms with Crippen LogP contribution in [0.3, 0.4) is 0 Å². The number of nitrogen functional groups attached to an aromatic ring is 5. The number of aromatic nitrogens is 15. The van der Waals surface area contributed by atoms with Crippen LogP contribution in [0.2, 0.25) is 0 Å². The Morgan fingerprint density at radius 1 is 0.381 bits per heavy atom. The molecule has 0 aliphatic carbocycles. The molecule has 10 aromatic rings. The van der Waals surface area contributed by atoms with Crippen molar-refractivity contribution < 1.29 is 74.7 Å². The van der Waals surface area contributed by atoms with Crippen molar-refractivity contribution in [3.63, 3.8) is 0 Å². The number of rotatable bonds is 26. The summed E-state index contributed by atoms with van der Waals surface area (Å²) in [7, 11) is 0. The molecule has 5 fully saturated rings. The van der Waals surface area contributed by atoms with E-state index < -0.39 is 157 Å². The number of hydrogen-bond acceptors (Lipinski definition) is 33. The molecule has 696 valence electrons. The first-order valence-corrected chi connectivity index (χ1v) is 60.5. The van der Waals surface area contributed by atoms with Crippen LogP contribution in [0.5, 0.6) is 0 Å². The first kappa shape index (κ1) is 101. The van der Waals surface area contributed by atoms with Gasteiger partial charge in [0, 0.05) is 36.7 Å². The van der Waals surface area contributed by atoms with Crippen LogP contribution in [-0.2, 0) is 23.7 Å². The Kier molecular flexibility index (Phi) is 33.3. The van der Waals surface area contributed by atoms with E-state index >= 15 is 0 Å². The second-order valence-corrected chi connectivity index (χ2v) is 61.0. The van der Waals surface area contributed by atoms with Crippen LogP contribution in [0.25, 0.3) is 55.8 Å². The second kappa shape index (κ2) is 41.6. The van der Waals surface area contributed by atoms with E-state index in [-0.39, 0.29) is 0 Å². The Labute approximate surface area is 753 Å².